The number of rotatable bonds is 2. The number of nitrogens with zero attached hydrogens (tertiary/aromatic N) is 1. The number of carboxylic acid groups (broad SMARTS) is 1. The zero-order valence-electron chi connectivity index (χ0n) is 11.6. The Morgan fingerprint density at radius 3 is 2.62 bits per heavy atom. The van der Waals surface area contributed by atoms with E-state index in [1.807, 2.05) is 23.1 Å². The lowest BCUT2D eigenvalue weighted by Gasteiger charge is -2.25. The van der Waals surface area contributed by atoms with Crippen molar-refractivity contribution >= 4 is 11.7 Å². The number of aromatic carboxylic acids is 1. The third-order valence-electron chi connectivity index (χ3n) is 3.90. The summed E-state index contributed by atoms with van der Waals surface area (Å²) >= 11 is 0. The van der Waals surface area contributed by atoms with Crippen molar-refractivity contribution in [1.29, 1.82) is 0 Å². The highest BCUT2D eigenvalue weighted by atomic mass is 19.1. The molecule has 0 aliphatic carbocycles. The van der Waals surface area contributed by atoms with Crippen LogP contribution in [0.5, 0.6) is 0 Å². The number of benzene rings is 2. The van der Waals surface area contributed by atoms with E-state index in [2.05, 4.69) is 6.07 Å². The molecule has 0 unspecified atom stereocenters. The van der Waals surface area contributed by atoms with Crippen LogP contribution in [0.4, 0.5) is 10.1 Å². The molecule has 21 heavy (non-hydrogen) atoms. The van der Waals surface area contributed by atoms with E-state index in [1.165, 1.54) is 17.2 Å². The molecule has 0 radical (unpaired) electrons. The van der Waals surface area contributed by atoms with Gasteiger partial charge < -0.3 is 10.0 Å². The number of hydrogen-bond acceptors (Lipinski definition) is 2. The SMILES string of the molecule is O=C(O)c1c(F)cccc1N1CCCc2ccccc2C1. The Morgan fingerprint density at radius 2 is 1.86 bits per heavy atom. The fourth-order valence-corrected chi connectivity index (χ4v) is 2.89. The molecule has 2 aromatic rings. The summed E-state index contributed by atoms with van der Waals surface area (Å²) in [6, 6.07) is 12.6. The standard InChI is InChI=1S/C17H16FNO2/c18-14-8-3-9-15(16(14)17(20)21)19-10-4-7-12-5-1-2-6-13(12)11-19/h1-3,5-6,8-9H,4,7,10-11H2,(H,20,21). The van der Waals surface area contributed by atoms with Gasteiger partial charge in [-0.2, -0.15) is 0 Å². The highest BCUT2D eigenvalue weighted by Gasteiger charge is 2.22. The molecule has 0 saturated carbocycles. The van der Waals surface area contributed by atoms with Gasteiger partial charge >= 0.3 is 5.97 Å². The maximum absolute atomic E-state index is 13.8. The maximum atomic E-state index is 13.8. The Kier molecular flexibility index (Phi) is 3.60. The van der Waals surface area contributed by atoms with Gasteiger partial charge in [0.2, 0.25) is 0 Å². The van der Waals surface area contributed by atoms with E-state index in [0.717, 1.165) is 19.4 Å². The number of fused-ring (bicyclic) bond motifs is 1. The Morgan fingerprint density at radius 1 is 1.10 bits per heavy atom. The van der Waals surface area contributed by atoms with Crippen molar-refractivity contribution in [3.63, 3.8) is 0 Å². The summed E-state index contributed by atoms with van der Waals surface area (Å²) in [5.41, 5.74) is 2.68. The molecule has 1 heterocycles. The van der Waals surface area contributed by atoms with Crippen LogP contribution in [-0.4, -0.2) is 17.6 Å². The van der Waals surface area contributed by atoms with Crippen LogP contribution in [0.1, 0.15) is 27.9 Å². The molecule has 108 valence electrons. The number of anilines is 1. The van der Waals surface area contributed by atoms with Crippen LogP contribution < -0.4 is 4.90 Å². The van der Waals surface area contributed by atoms with Crippen LogP contribution in [0, 0.1) is 5.82 Å². The number of aryl methyl sites for hydroxylation is 1. The topological polar surface area (TPSA) is 40.5 Å². The normalized spacial score (nSPS) is 14.4. The summed E-state index contributed by atoms with van der Waals surface area (Å²) in [5.74, 6) is -1.90. The second-order valence-electron chi connectivity index (χ2n) is 5.23. The van der Waals surface area contributed by atoms with Crippen LogP contribution >= 0.6 is 0 Å². The van der Waals surface area contributed by atoms with Crippen LogP contribution in [0.15, 0.2) is 42.5 Å². The Balaban J connectivity index is 2.02. The van der Waals surface area contributed by atoms with Gasteiger partial charge in [-0.25, -0.2) is 9.18 Å². The van der Waals surface area contributed by atoms with Gasteiger partial charge in [-0.1, -0.05) is 30.3 Å². The van der Waals surface area contributed by atoms with Crippen molar-refractivity contribution in [2.24, 2.45) is 0 Å². The fourth-order valence-electron chi connectivity index (χ4n) is 2.89. The summed E-state index contributed by atoms with van der Waals surface area (Å²) in [4.78, 5) is 13.3. The van der Waals surface area contributed by atoms with E-state index in [9.17, 15) is 14.3 Å². The Labute approximate surface area is 122 Å². The largest absolute Gasteiger partial charge is 0.478 e. The third kappa shape index (κ3) is 2.61. The van der Waals surface area contributed by atoms with E-state index in [0.29, 0.717) is 12.2 Å². The molecule has 3 nitrogen and oxygen atoms in total. The maximum Gasteiger partial charge on any atom is 0.340 e. The first-order valence-corrected chi connectivity index (χ1v) is 7.00. The van der Waals surface area contributed by atoms with E-state index in [4.69, 9.17) is 0 Å². The second kappa shape index (κ2) is 5.56. The Hall–Kier alpha value is -2.36. The molecule has 0 aromatic heterocycles. The van der Waals surface area contributed by atoms with Crippen LogP contribution in [0.2, 0.25) is 0 Å². The molecule has 1 aliphatic heterocycles. The van der Waals surface area contributed by atoms with Crippen molar-refractivity contribution in [3.8, 4) is 0 Å². The first-order valence-electron chi connectivity index (χ1n) is 7.00. The van der Waals surface area contributed by atoms with Gasteiger partial charge in [0.1, 0.15) is 11.4 Å². The van der Waals surface area contributed by atoms with E-state index >= 15 is 0 Å². The Bertz CT molecular complexity index is 684. The molecule has 0 fully saturated rings. The predicted molar refractivity (Wildman–Crippen MR) is 79.2 cm³/mol. The lowest BCUT2D eigenvalue weighted by molar-refractivity contribution is 0.0692. The summed E-state index contributed by atoms with van der Waals surface area (Å²) < 4.78 is 13.8. The number of carbonyl (C=O) groups is 1. The van der Waals surface area contributed by atoms with Crippen LogP contribution in [-0.2, 0) is 13.0 Å². The van der Waals surface area contributed by atoms with Crippen molar-refractivity contribution in [2.45, 2.75) is 19.4 Å². The van der Waals surface area contributed by atoms with Crippen molar-refractivity contribution < 1.29 is 14.3 Å². The van der Waals surface area contributed by atoms with Gasteiger partial charge in [0, 0.05) is 13.1 Å². The number of carboxylic acids is 1. The molecule has 1 aliphatic rings. The molecule has 0 bridgehead atoms. The first-order chi connectivity index (χ1) is 10.2. The molecule has 3 rings (SSSR count). The summed E-state index contributed by atoms with van der Waals surface area (Å²) in [7, 11) is 0. The average Bonchev–Trinajstić information content (AvgIpc) is 2.68. The zero-order valence-corrected chi connectivity index (χ0v) is 11.6. The number of hydrogen-bond donors (Lipinski definition) is 1. The van der Waals surface area contributed by atoms with Gasteiger partial charge in [0.15, 0.2) is 0 Å². The molecule has 4 heteroatoms. The molecule has 2 aromatic carbocycles. The monoisotopic (exact) mass is 285 g/mol. The summed E-state index contributed by atoms with van der Waals surface area (Å²) in [6.45, 7) is 1.33. The highest BCUT2D eigenvalue weighted by molar-refractivity contribution is 5.94. The molecular formula is C17H16FNO2. The lowest BCUT2D eigenvalue weighted by atomic mass is 10.0. The van der Waals surface area contributed by atoms with Crippen LogP contribution in [0.3, 0.4) is 0 Å². The fraction of sp³-hybridized carbons (Fsp3) is 0.235. The molecule has 0 spiro atoms. The van der Waals surface area contributed by atoms with Gasteiger partial charge in [-0.05, 0) is 36.1 Å². The molecule has 1 N–H and O–H groups in total. The molecule has 0 amide bonds. The third-order valence-corrected chi connectivity index (χ3v) is 3.90. The van der Waals surface area contributed by atoms with E-state index < -0.39 is 11.8 Å². The average molecular weight is 285 g/mol. The zero-order chi connectivity index (χ0) is 14.8. The number of halogens is 1. The molecular weight excluding hydrogens is 269 g/mol. The quantitative estimate of drug-likeness (QED) is 0.918. The second-order valence-corrected chi connectivity index (χ2v) is 5.23. The molecule has 0 atom stereocenters. The smallest absolute Gasteiger partial charge is 0.340 e. The summed E-state index contributed by atoms with van der Waals surface area (Å²) in [6.07, 6.45) is 1.89. The lowest BCUT2D eigenvalue weighted by Crippen LogP contribution is -2.25. The minimum atomic E-state index is -1.22. The van der Waals surface area contributed by atoms with Gasteiger partial charge in [0.25, 0.3) is 0 Å². The minimum Gasteiger partial charge on any atom is -0.478 e. The first kappa shape index (κ1) is 13.6. The molecule has 0 saturated heterocycles. The van der Waals surface area contributed by atoms with Gasteiger partial charge in [0.05, 0.1) is 5.69 Å². The van der Waals surface area contributed by atoms with Crippen molar-refractivity contribution in [3.05, 3.63) is 65.0 Å². The summed E-state index contributed by atoms with van der Waals surface area (Å²) in [5, 5.41) is 9.28. The van der Waals surface area contributed by atoms with Crippen LogP contribution in [0.25, 0.3) is 0 Å². The van der Waals surface area contributed by atoms with Gasteiger partial charge in [-0.3, -0.25) is 0 Å². The van der Waals surface area contributed by atoms with Gasteiger partial charge in [-0.15, -0.1) is 0 Å². The minimum absolute atomic E-state index is 0.239. The van der Waals surface area contributed by atoms with E-state index in [1.54, 1.807) is 12.1 Å². The van der Waals surface area contributed by atoms with E-state index in [-0.39, 0.29) is 5.56 Å². The predicted octanol–water partition coefficient (Wildman–Crippen LogP) is 3.48. The van der Waals surface area contributed by atoms with Crippen molar-refractivity contribution in [1.82, 2.24) is 0 Å². The van der Waals surface area contributed by atoms with Crippen molar-refractivity contribution in [2.75, 3.05) is 11.4 Å². The highest BCUT2D eigenvalue weighted by Crippen LogP contribution is 2.28.